The first kappa shape index (κ1) is 12.3. The Morgan fingerprint density at radius 1 is 1.47 bits per heavy atom. The van der Waals surface area contributed by atoms with Crippen molar-refractivity contribution < 1.29 is 5.11 Å². The molecule has 0 amide bonds. The maximum Gasteiger partial charge on any atom is 0.0560 e. The first-order valence-electron chi connectivity index (χ1n) is 6.37. The number of aromatic nitrogens is 1. The van der Waals surface area contributed by atoms with Gasteiger partial charge in [-0.2, -0.15) is 0 Å². The Kier molecular flexibility index (Phi) is 4.34. The van der Waals surface area contributed by atoms with Crippen LogP contribution in [0.3, 0.4) is 0 Å². The number of pyridine rings is 1. The van der Waals surface area contributed by atoms with E-state index in [-0.39, 0.29) is 6.61 Å². The summed E-state index contributed by atoms with van der Waals surface area (Å²) in [5, 5.41) is 8.98. The van der Waals surface area contributed by atoms with Gasteiger partial charge in [-0.3, -0.25) is 4.98 Å². The van der Waals surface area contributed by atoms with E-state index in [9.17, 15) is 0 Å². The van der Waals surface area contributed by atoms with E-state index in [1.807, 2.05) is 12.3 Å². The molecule has 1 saturated carbocycles. The van der Waals surface area contributed by atoms with Crippen molar-refractivity contribution in [1.82, 2.24) is 4.98 Å². The van der Waals surface area contributed by atoms with Gasteiger partial charge in [-0.15, -0.1) is 0 Å². The third-order valence-corrected chi connectivity index (χ3v) is 3.41. The summed E-state index contributed by atoms with van der Waals surface area (Å²) in [4.78, 5) is 6.61. The van der Waals surface area contributed by atoms with Gasteiger partial charge in [-0.05, 0) is 37.8 Å². The molecule has 94 valence electrons. The molecule has 0 radical (unpaired) electrons. The van der Waals surface area contributed by atoms with Crippen molar-refractivity contribution in [3.05, 3.63) is 24.0 Å². The van der Waals surface area contributed by atoms with E-state index < -0.39 is 0 Å². The number of hydrogen-bond acceptors (Lipinski definition) is 4. The van der Waals surface area contributed by atoms with Gasteiger partial charge in [0.25, 0.3) is 0 Å². The molecule has 1 aliphatic carbocycles. The molecular formula is C13H21N3O. The van der Waals surface area contributed by atoms with Crippen molar-refractivity contribution in [1.29, 1.82) is 0 Å². The number of aliphatic hydroxyl groups is 1. The summed E-state index contributed by atoms with van der Waals surface area (Å²) in [7, 11) is 0. The summed E-state index contributed by atoms with van der Waals surface area (Å²) in [6.07, 6.45) is 6.46. The van der Waals surface area contributed by atoms with Crippen LogP contribution in [0.15, 0.2) is 18.3 Å². The largest absolute Gasteiger partial charge is 0.396 e. The van der Waals surface area contributed by atoms with Gasteiger partial charge in [-0.25, -0.2) is 0 Å². The van der Waals surface area contributed by atoms with Gasteiger partial charge in [0.15, 0.2) is 0 Å². The van der Waals surface area contributed by atoms with Gasteiger partial charge in [0, 0.05) is 37.6 Å². The predicted octanol–water partition coefficient (Wildman–Crippen LogP) is 1.28. The van der Waals surface area contributed by atoms with E-state index in [1.54, 1.807) is 0 Å². The van der Waals surface area contributed by atoms with Gasteiger partial charge < -0.3 is 15.7 Å². The van der Waals surface area contributed by atoms with Gasteiger partial charge in [0.05, 0.1) is 5.69 Å². The highest BCUT2D eigenvalue weighted by Crippen LogP contribution is 2.29. The van der Waals surface area contributed by atoms with Crippen molar-refractivity contribution in [3.8, 4) is 0 Å². The molecule has 0 spiro atoms. The minimum Gasteiger partial charge on any atom is -0.396 e. The zero-order chi connectivity index (χ0) is 12.1. The average molecular weight is 235 g/mol. The van der Waals surface area contributed by atoms with Crippen LogP contribution in [-0.2, 0) is 6.54 Å². The topological polar surface area (TPSA) is 62.4 Å². The minimum absolute atomic E-state index is 0.248. The Balaban J connectivity index is 2.11. The predicted molar refractivity (Wildman–Crippen MR) is 68.8 cm³/mol. The fourth-order valence-corrected chi connectivity index (χ4v) is 2.22. The molecule has 0 atom stereocenters. The lowest BCUT2D eigenvalue weighted by atomic mass is 9.91. The summed E-state index contributed by atoms with van der Waals surface area (Å²) in [5.41, 5.74) is 7.74. The Bertz CT molecular complexity index is 352. The van der Waals surface area contributed by atoms with Crippen LogP contribution in [0.5, 0.6) is 0 Å². The third kappa shape index (κ3) is 2.96. The fraction of sp³-hybridized carbons (Fsp3) is 0.615. The lowest BCUT2D eigenvalue weighted by Gasteiger charge is -2.39. The number of rotatable bonds is 6. The molecule has 0 aliphatic heterocycles. The Morgan fingerprint density at radius 3 is 2.88 bits per heavy atom. The average Bonchev–Trinajstić information content (AvgIpc) is 2.32. The quantitative estimate of drug-likeness (QED) is 0.779. The molecule has 0 unspecified atom stereocenters. The van der Waals surface area contributed by atoms with E-state index in [0.29, 0.717) is 12.6 Å². The van der Waals surface area contributed by atoms with Gasteiger partial charge >= 0.3 is 0 Å². The van der Waals surface area contributed by atoms with Crippen LogP contribution in [0, 0.1) is 0 Å². The third-order valence-electron chi connectivity index (χ3n) is 3.41. The minimum atomic E-state index is 0.248. The first-order valence-corrected chi connectivity index (χ1v) is 6.37. The van der Waals surface area contributed by atoms with E-state index in [1.165, 1.54) is 24.9 Å². The molecule has 0 saturated heterocycles. The van der Waals surface area contributed by atoms with Crippen molar-refractivity contribution in [2.45, 2.75) is 38.3 Å². The van der Waals surface area contributed by atoms with Gasteiger partial charge in [0.1, 0.15) is 0 Å². The van der Waals surface area contributed by atoms with E-state index in [4.69, 9.17) is 10.8 Å². The van der Waals surface area contributed by atoms with Gasteiger partial charge in [0.2, 0.25) is 0 Å². The lowest BCUT2D eigenvalue weighted by molar-refractivity contribution is 0.283. The maximum atomic E-state index is 8.98. The van der Waals surface area contributed by atoms with Crippen molar-refractivity contribution in [2.24, 2.45) is 5.73 Å². The second-order valence-electron chi connectivity index (χ2n) is 4.56. The van der Waals surface area contributed by atoms with Crippen LogP contribution in [-0.4, -0.2) is 29.3 Å². The summed E-state index contributed by atoms with van der Waals surface area (Å²) < 4.78 is 0. The van der Waals surface area contributed by atoms with Crippen molar-refractivity contribution >= 4 is 5.69 Å². The molecule has 17 heavy (non-hydrogen) atoms. The number of hydrogen-bond donors (Lipinski definition) is 2. The number of aliphatic hydroxyl groups excluding tert-OH is 1. The maximum absolute atomic E-state index is 8.98. The van der Waals surface area contributed by atoms with Crippen LogP contribution in [0.2, 0.25) is 0 Å². The zero-order valence-electron chi connectivity index (χ0n) is 10.2. The molecule has 1 heterocycles. The molecule has 1 fully saturated rings. The van der Waals surface area contributed by atoms with Crippen molar-refractivity contribution in [3.63, 3.8) is 0 Å². The van der Waals surface area contributed by atoms with Crippen molar-refractivity contribution in [2.75, 3.05) is 18.1 Å². The van der Waals surface area contributed by atoms with Crippen LogP contribution < -0.4 is 10.6 Å². The smallest absolute Gasteiger partial charge is 0.0560 e. The van der Waals surface area contributed by atoms with Crippen LogP contribution >= 0.6 is 0 Å². The molecule has 1 aromatic heterocycles. The Hall–Kier alpha value is -1.13. The summed E-state index contributed by atoms with van der Waals surface area (Å²) in [5.74, 6) is 0. The molecule has 3 N–H and O–H groups in total. The highest BCUT2D eigenvalue weighted by atomic mass is 16.3. The molecule has 1 aromatic rings. The van der Waals surface area contributed by atoms with Crippen LogP contribution in [0.4, 0.5) is 5.69 Å². The summed E-state index contributed by atoms with van der Waals surface area (Å²) >= 11 is 0. The highest BCUT2D eigenvalue weighted by Gasteiger charge is 2.24. The van der Waals surface area contributed by atoms with E-state index in [0.717, 1.165) is 18.7 Å². The normalized spacial score (nSPS) is 15.6. The number of anilines is 1. The summed E-state index contributed by atoms with van der Waals surface area (Å²) in [6, 6.07) is 4.74. The van der Waals surface area contributed by atoms with Gasteiger partial charge in [-0.1, -0.05) is 0 Å². The number of nitrogens with two attached hydrogens (primary N) is 1. The second kappa shape index (κ2) is 5.98. The molecule has 4 nitrogen and oxygen atoms in total. The molecule has 1 aliphatic rings. The second-order valence-corrected chi connectivity index (χ2v) is 4.56. The van der Waals surface area contributed by atoms with E-state index in [2.05, 4.69) is 16.0 Å². The molecule has 0 aromatic carbocycles. The van der Waals surface area contributed by atoms with Crippen LogP contribution in [0.1, 0.15) is 31.4 Å². The fourth-order valence-electron chi connectivity index (χ4n) is 2.22. The first-order chi connectivity index (χ1) is 8.35. The van der Waals surface area contributed by atoms with E-state index >= 15 is 0 Å². The SMILES string of the molecule is NCc1cc(N(CCCO)C2CCC2)ccn1. The number of nitrogens with zero attached hydrogens (tertiary/aromatic N) is 2. The highest BCUT2D eigenvalue weighted by molar-refractivity contribution is 5.48. The molecule has 0 bridgehead atoms. The molecule has 2 rings (SSSR count). The summed E-state index contributed by atoms with van der Waals surface area (Å²) in [6.45, 7) is 1.64. The van der Waals surface area contributed by atoms with Crippen LogP contribution in [0.25, 0.3) is 0 Å². The zero-order valence-corrected chi connectivity index (χ0v) is 10.2. The molecular weight excluding hydrogens is 214 g/mol. The molecule has 4 heteroatoms. The standard InChI is InChI=1S/C13H21N3O/c14-10-11-9-13(5-6-15-11)16(7-2-8-17)12-3-1-4-12/h5-6,9,12,17H,1-4,7-8,10,14H2. The monoisotopic (exact) mass is 235 g/mol. The lowest BCUT2D eigenvalue weighted by Crippen LogP contribution is -2.41. The Morgan fingerprint density at radius 2 is 2.29 bits per heavy atom. The Labute approximate surface area is 102 Å².